The topological polar surface area (TPSA) is 217 Å². The third kappa shape index (κ3) is 8.41. The summed E-state index contributed by atoms with van der Waals surface area (Å²) in [4.78, 5) is 49.8. The smallest absolute Gasteiger partial charge is 0.809 e. The van der Waals surface area contributed by atoms with Gasteiger partial charge < -0.3 is 38.8 Å². The van der Waals surface area contributed by atoms with Crippen LogP contribution in [0.5, 0.6) is 11.5 Å². The zero-order chi connectivity index (χ0) is 30.0. The Balaban J connectivity index is 0.00000264. The number of halogens is 1. The molecule has 5 atom stereocenters. The van der Waals surface area contributed by atoms with Gasteiger partial charge in [0.1, 0.15) is 35.5 Å². The molecule has 5 rings (SSSR count). The van der Waals surface area contributed by atoms with Gasteiger partial charge in [0.25, 0.3) is 5.56 Å². The van der Waals surface area contributed by atoms with E-state index in [1.165, 1.54) is 0 Å². The molecule has 0 radical (unpaired) electrons. The van der Waals surface area contributed by atoms with Crippen LogP contribution in [0.15, 0.2) is 76.6 Å². The van der Waals surface area contributed by atoms with Gasteiger partial charge in [0.2, 0.25) is 0 Å². The Kier molecular flexibility index (Phi) is 12.9. The van der Waals surface area contributed by atoms with Crippen molar-refractivity contribution >= 4 is 7.60 Å². The van der Waals surface area contributed by atoms with Crippen LogP contribution in [0.3, 0.4) is 0 Å². The van der Waals surface area contributed by atoms with Gasteiger partial charge in [-0.05, 0) is 37.4 Å². The van der Waals surface area contributed by atoms with E-state index >= 15 is 0 Å². The van der Waals surface area contributed by atoms with Crippen LogP contribution in [0.2, 0.25) is 0 Å². The third-order valence-electron chi connectivity index (χ3n) is 6.33. The van der Waals surface area contributed by atoms with Crippen LogP contribution in [0.25, 0.3) is 0 Å². The zero-order valence-corrected chi connectivity index (χ0v) is 28.3. The number of aromatic amines is 1. The van der Waals surface area contributed by atoms with Crippen LogP contribution in [-0.2, 0) is 20.6 Å². The number of aliphatic hydroxyl groups is 2. The number of H-pyrrole nitrogens is 1. The summed E-state index contributed by atoms with van der Waals surface area (Å²) in [6, 6.07) is 12.4. The largest absolute Gasteiger partial charge is 1.00 e. The average Bonchev–Trinajstić information content (AvgIpc) is 3.50. The summed E-state index contributed by atoms with van der Waals surface area (Å²) in [6.45, 7) is -0.560. The summed E-state index contributed by atoms with van der Waals surface area (Å²) in [7, 11) is -5.41. The summed E-state index contributed by atoms with van der Waals surface area (Å²) < 4.78 is 44.9. The molecule has 3 N–H and O–H groups in total. The van der Waals surface area contributed by atoms with Crippen molar-refractivity contribution in [3.8, 4) is 11.5 Å². The molecular formula is C25H23FN5Na2O10P. The van der Waals surface area contributed by atoms with E-state index in [0.717, 1.165) is 45.9 Å². The number of aromatic nitrogens is 5. The number of para-hydroxylation sites is 1. The molecule has 4 aromatic rings. The molecule has 2 aromatic carbocycles. The first-order chi connectivity index (χ1) is 20.0. The average molecular weight is 649 g/mol. The van der Waals surface area contributed by atoms with Crippen molar-refractivity contribution in [2.24, 2.45) is 0 Å². The standard InChI is InChI=1S/C25H25FN5O10P.2Na/c26-17-7-6-14(10-18(17)40-16-4-2-1-3-5-16)24(42(36,37)38)31-11-15(28-29-31)12-39-13-19-21(33)22(34)23(41-19)30-9-8-20(32)27-25(30)35;;/h1-11,19,21-24,33-34H,12-13H2,(H,27,32,35)(H2,36,37,38);;/q;2*+1/p-2/t19-,21-,22-,23-,24?;;/m1../s1. The van der Waals surface area contributed by atoms with Crippen LogP contribution in [-0.4, -0.2) is 59.7 Å². The minimum atomic E-state index is -5.41. The molecule has 1 saturated heterocycles. The van der Waals surface area contributed by atoms with E-state index in [2.05, 4.69) is 10.3 Å². The number of benzene rings is 2. The first-order valence-electron chi connectivity index (χ1n) is 12.4. The molecule has 0 aliphatic carbocycles. The molecule has 19 heteroatoms. The second kappa shape index (κ2) is 15.5. The summed E-state index contributed by atoms with van der Waals surface area (Å²) >= 11 is 0. The third-order valence-corrected chi connectivity index (χ3v) is 7.46. The van der Waals surface area contributed by atoms with Crippen molar-refractivity contribution in [3.63, 3.8) is 0 Å². The van der Waals surface area contributed by atoms with Gasteiger partial charge in [0.15, 0.2) is 17.8 Å². The van der Waals surface area contributed by atoms with E-state index in [-0.39, 0.29) is 89.3 Å². The Labute approximate surface area is 292 Å². The maximum absolute atomic E-state index is 14.4. The van der Waals surface area contributed by atoms with Crippen LogP contribution in [0.4, 0.5) is 4.39 Å². The number of hydrogen-bond donors (Lipinski definition) is 3. The number of ether oxygens (including phenoxy) is 3. The molecule has 222 valence electrons. The van der Waals surface area contributed by atoms with E-state index in [1.807, 2.05) is 4.98 Å². The fraction of sp³-hybridized carbons (Fsp3) is 0.280. The molecule has 1 unspecified atom stereocenters. The second-order valence-electron chi connectivity index (χ2n) is 9.29. The number of hydrogen-bond acceptors (Lipinski definition) is 12. The van der Waals surface area contributed by atoms with E-state index in [4.69, 9.17) is 14.2 Å². The van der Waals surface area contributed by atoms with Crippen molar-refractivity contribution in [3.05, 3.63) is 105 Å². The number of aliphatic hydroxyl groups excluding tert-OH is 2. The summed E-state index contributed by atoms with van der Waals surface area (Å²) in [5.74, 6) is -2.68. The number of rotatable bonds is 10. The fourth-order valence-electron chi connectivity index (χ4n) is 4.36. The molecule has 44 heavy (non-hydrogen) atoms. The molecule has 0 bridgehead atoms. The predicted molar refractivity (Wildman–Crippen MR) is 136 cm³/mol. The van der Waals surface area contributed by atoms with E-state index < -0.39 is 55.0 Å². The molecule has 2 aromatic heterocycles. The summed E-state index contributed by atoms with van der Waals surface area (Å²) in [6.07, 6.45) is -3.09. The van der Waals surface area contributed by atoms with E-state index in [1.54, 1.807) is 30.3 Å². The van der Waals surface area contributed by atoms with Crippen molar-refractivity contribution in [2.75, 3.05) is 6.61 Å². The van der Waals surface area contributed by atoms with Crippen molar-refractivity contribution in [2.45, 2.75) is 36.9 Å². The fourth-order valence-corrected chi connectivity index (χ4v) is 5.29. The molecule has 3 heterocycles. The van der Waals surface area contributed by atoms with Gasteiger partial charge in [-0.1, -0.05) is 29.5 Å². The van der Waals surface area contributed by atoms with E-state index in [0.29, 0.717) is 5.75 Å². The molecule has 15 nitrogen and oxygen atoms in total. The Bertz CT molecular complexity index is 1720. The Morgan fingerprint density at radius 1 is 1.09 bits per heavy atom. The minimum Gasteiger partial charge on any atom is -0.809 e. The van der Waals surface area contributed by atoms with E-state index in [9.17, 15) is 38.5 Å². The molecule has 0 saturated carbocycles. The number of nitrogens with zero attached hydrogens (tertiary/aromatic N) is 4. The maximum atomic E-state index is 14.4. The Hall–Kier alpha value is -2.02. The summed E-state index contributed by atoms with van der Waals surface area (Å²) in [5, 5.41) is 28.2. The quantitative estimate of drug-likeness (QED) is 0.108. The van der Waals surface area contributed by atoms with Gasteiger partial charge in [-0.3, -0.25) is 14.3 Å². The van der Waals surface area contributed by atoms with Gasteiger partial charge in [0.05, 0.1) is 19.4 Å². The molecule has 0 amide bonds. The van der Waals surface area contributed by atoms with Crippen molar-refractivity contribution in [1.82, 2.24) is 24.5 Å². The first kappa shape index (κ1) is 36.4. The van der Waals surface area contributed by atoms with Crippen LogP contribution < -0.4 is 84.9 Å². The van der Waals surface area contributed by atoms with Gasteiger partial charge in [-0.15, -0.1) is 5.10 Å². The molecular weight excluding hydrogens is 626 g/mol. The number of nitrogens with one attached hydrogen (secondary N) is 1. The zero-order valence-electron chi connectivity index (χ0n) is 23.4. The Morgan fingerprint density at radius 3 is 2.50 bits per heavy atom. The monoisotopic (exact) mass is 649 g/mol. The molecule has 1 fully saturated rings. The Morgan fingerprint density at radius 2 is 1.82 bits per heavy atom. The second-order valence-corrected chi connectivity index (χ2v) is 10.9. The minimum absolute atomic E-state index is 0. The van der Waals surface area contributed by atoms with Gasteiger partial charge in [-0.25, -0.2) is 13.9 Å². The van der Waals surface area contributed by atoms with Gasteiger partial charge in [0, 0.05) is 12.3 Å². The molecule has 1 aliphatic heterocycles. The van der Waals surface area contributed by atoms with Gasteiger partial charge >= 0.3 is 64.8 Å². The molecule has 0 spiro atoms. The SMILES string of the molecule is O=c1ccn([C@@H]2O[C@H](COCc3cn(C(c4ccc(F)c(Oc5ccccc5)c4)P(=O)([O-])[O-])nn3)[C@@H](O)[C@H]2O)c(=O)[nH]1.[Na+].[Na+]. The van der Waals surface area contributed by atoms with Crippen molar-refractivity contribution in [1.29, 1.82) is 0 Å². The van der Waals surface area contributed by atoms with Crippen LogP contribution >= 0.6 is 7.60 Å². The predicted octanol–water partition coefficient (Wildman–Crippen LogP) is -6.64. The van der Waals surface area contributed by atoms with Crippen molar-refractivity contribution < 1.29 is 102 Å². The molecule has 1 aliphatic rings. The van der Waals surface area contributed by atoms with Crippen LogP contribution in [0, 0.1) is 5.82 Å². The first-order valence-corrected chi connectivity index (χ1v) is 14.0. The maximum Gasteiger partial charge on any atom is 1.00 e. The van der Waals surface area contributed by atoms with Crippen LogP contribution in [0.1, 0.15) is 23.3 Å². The summed E-state index contributed by atoms with van der Waals surface area (Å²) in [5.41, 5.74) is -1.52. The normalized spacial score (nSPS) is 20.4. The van der Waals surface area contributed by atoms with Gasteiger partial charge in [-0.2, -0.15) is 0 Å².